The van der Waals surface area contributed by atoms with Crippen molar-refractivity contribution in [3.8, 4) is 0 Å². The molecule has 1 rings (SSSR count). The molecule has 0 radical (unpaired) electrons. The Morgan fingerprint density at radius 1 is 1.54 bits per heavy atom. The van der Waals surface area contributed by atoms with Crippen molar-refractivity contribution in [2.75, 3.05) is 13.2 Å². The van der Waals surface area contributed by atoms with Crippen LogP contribution in [0.1, 0.15) is 31.4 Å². The Labute approximate surface area is 78.8 Å². The van der Waals surface area contributed by atoms with Crippen LogP contribution < -0.4 is 5.32 Å². The third-order valence-corrected chi connectivity index (χ3v) is 2.02. The molecule has 0 saturated heterocycles. The Bertz CT molecular complexity index is 245. The van der Waals surface area contributed by atoms with E-state index in [0.717, 1.165) is 17.9 Å². The second-order valence-corrected chi connectivity index (χ2v) is 3.06. The summed E-state index contributed by atoms with van der Waals surface area (Å²) in [6, 6.07) is 4.15. The predicted molar refractivity (Wildman–Crippen MR) is 51.6 cm³/mol. The van der Waals surface area contributed by atoms with Gasteiger partial charge in [0.1, 0.15) is 11.5 Å². The lowest BCUT2D eigenvalue weighted by atomic mass is 10.2. The van der Waals surface area contributed by atoms with E-state index in [2.05, 4.69) is 12.2 Å². The minimum atomic E-state index is 0.158. The molecule has 0 saturated carbocycles. The van der Waals surface area contributed by atoms with Gasteiger partial charge in [0, 0.05) is 13.0 Å². The average Bonchev–Trinajstić information content (AvgIpc) is 2.62. The van der Waals surface area contributed by atoms with Crippen molar-refractivity contribution in [3.63, 3.8) is 0 Å². The first-order valence-electron chi connectivity index (χ1n) is 4.70. The highest BCUT2D eigenvalue weighted by Gasteiger charge is 2.08. The fourth-order valence-electron chi connectivity index (χ4n) is 1.20. The lowest BCUT2D eigenvalue weighted by Gasteiger charge is -2.09. The molecule has 13 heavy (non-hydrogen) atoms. The van der Waals surface area contributed by atoms with Gasteiger partial charge in [0.05, 0.1) is 12.6 Å². The van der Waals surface area contributed by atoms with Gasteiger partial charge in [0.2, 0.25) is 0 Å². The molecule has 0 aromatic carbocycles. The topological polar surface area (TPSA) is 45.4 Å². The van der Waals surface area contributed by atoms with Crippen LogP contribution in [0.3, 0.4) is 0 Å². The summed E-state index contributed by atoms with van der Waals surface area (Å²) in [6.07, 6.45) is 0.923. The van der Waals surface area contributed by atoms with Crippen molar-refractivity contribution in [3.05, 3.63) is 23.7 Å². The fraction of sp³-hybridized carbons (Fsp3) is 0.600. The van der Waals surface area contributed by atoms with Crippen LogP contribution in [0.15, 0.2) is 16.5 Å². The summed E-state index contributed by atoms with van der Waals surface area (Å²) < 4.78 is 5.55. The Kier molecular flexibility index (Phi) is 3.99. The van der Waals surface area contributed by atoms with Gasteiger partial charge in [0.15, 0.2) is 0 Å². The summed E-state index contributed by atoms with van der Waals surface area (Å²) in [5.41, 5.74) is 0. The Morgan fingerprint density at radius 2 is 2.31 bits per heavy atom. The zero-order valence-electron chi connectivity index (χ0n) is 8.21. The molecule has 3 heteroatoms. The molecule has 0 spiro atoms. The smallest absolute Gasteiger partial charge is 0.120 e. The standard InChI is InChI=1S/C10H17NO2/c1-3-9-4-5-10(13-9)8(2)11-6-7-12/h4-5,8,11-12H,3,6-7H2,1-2H3. The molecular weight excluding hydrogens is 166 g/mol. The van der Waals surface area contributed by atoms with Crippen LogP contribution in [-0.4, -0.2) is 18.3 Å². The van der Waals surface area contributed by atoms with Crippen molar-refractivity contribution < 1.29 is 9.52 Å². The molecule has 0 aliphatic rings. The Morgan fingerprint density at radius 3 is 2.85 bits per heavy atom. The third-order valence-electron chi connectivity index (χ3n) is 2.02. The minimum absolute atomic E-state index is 0.158. The molecule has 1 atom stereocenters. The summed E-state index contributed by atoms with van der Waals surface area (Å²) in [7, 11) is 0. The molecule has 0 fully saturated rings. The first-order chi connectivity index (χ1) is 6.27. The van der Waals surface area contributed by atoms with Crippen LogP contribution in [0.25, 0.3) is 0 Å². The van der Waals surface area contributed by atoms with Gasteiger partial charge in [-0.2, -0.15) is 0 Å². The molecule has 1 aromatic heterocycles. The maximum Gasteiger partial charge on any atom is 0.120 e. The second kappa shape index (κ2) is 5.04. The Balaban J connectivity index is 2.50. The first-order valence-corrected chi connectivity index (χ1v) is 4.70. The molecule has 1 heterocycles. The molecule has 74 valence electrons. The van der Waals surface area contributed by atoms with E-state index >= 15 is 0 Å². The highest BCUT2D eigenvalue weighted by molar-refractivity contribution is 5.09. The maximum absolute atomic E-state index is 8.62. The number of aliphatic hydroxyl groups is 1. The second-order valence-electron chi connectivity index (χ2n) is 3.06. The predicted octanol–water partition coefficient (Wildman–Crippen LogP) is 1.48. The maximum atomic E-state index is 8.62. The first kappa shape index (κ1) is 10.3. The van der Waals surface area contributed by atoms with Gasteiger partial charge in [-0.3, -0.25) is 0 Å². The largest absolute Gasteiger partial charge is 0.464 e. The van der Waals surface area contributed by atoms with Crippen LogP contribution in [0.5, 0.6) is 0 Å². The molecular formula is C10H17NO2. The zero-order valence-corrected chi connectivity index (χ0v) is 8.21. The van der Waals surface area contributed by atoms with Crippen LogP contribution in [0, 0.1) is 0 Å². The summed E-state index contributed by atoms with van der Waals surface area (Å²) in [5, 5.41) is 11.8. The summed E-state index contributed by atoms with van der Waals surface area (Å²) in [5.74, 6) is 1.94. The van der Waals surface area contributed by atoms with Gasteiger partial charge in [-0.05, 0) is 19.1 Å². The van der Waals surface area contributed by atoms with Gasteiger partial charge < -0.3 is 14.8 Å². The van der Waals surface area contributed by atoms with E-state index in [1.165, 1.54) is 0 Å². The molecule has 1 unspecified atom stereocenters. The van der Waals surface area contributed by atoms with Crippen LogP contribution in [0.2, 0.25) is 0 Å². The van der Waals surface area contributed by atoms with Crippen molar-refractivity contribution in [1.29, 1.82) is 0 Å². The number of nitrogens with one attached hydrogen (secondary N) is 1. The summed E-state index contributed by atoms with van der Waals surface area (Å²) in [6.45, 7) is 4.84. The quantitative estimate of drug-likeness (QED) is 0.727. The van der Waals surface area contributed by atoms with Crippen LogP contribution in [0.4, 0.5) is 0 Å². The van der Waals surface area contributed by atoms with Crippen LogP contribution in [-0.2, 0) is 6.42 Å². The van der Waals surface area contributed by atoms with E-state index in [4.69, 9.17) is 9.52 Å². The fourth-order valence-corrected chi connectivity index (χ4v) is 1.20. The molecule has 3 nitrogen and oxygen atoms in total. The number of aliphatic hydroxyl groups excluding tert-OH is 1. The number of hydrogen-bond acceptors (Lipinski definition) is 3. The zero-order chi connectivity index (χ0) is 9.68. The van der Waals surface area contributed by atoms with E-state index in [1.54, 1.807) is 0 Å². The molecule has 1 aromatic rings. The monoisotopic (exact) mass is 183 g/mol. The van der Waals surface area contributed by atoms with E-state index < -0.39 is 0 Å². The van der Waals surface area contributed by atoms with Crippen LogP contribution >= 0.6 is 0 Å². The van der Waals surface area contributed by atoms with Crippen molar-refractivity contribution in [2.24, 2.45) is 0 Å². The van der Waals surface area contributed by atoms with E-state index in [1.807, 2.05) is 19.1 Å². The minimum Gasteiger partial charge on any atom is -0.464 e. The molecule has 0 amide bonds. The van der Waals surface area contributed by atoms with Gasteiger partial charge in [-0.15, -0.1) is 0 Å². The highest BCUT2D eigenvalue weighted by Crippen LogP contribution is 2.15. The summed E-state index contributed by atoms with van der Waals surface area (Å²) >= 11 is 0. The van der Waals surface area contributed by atoms with E-state index in [0.29, 0.717) is 6.54 Å². The summed E-state index contributed by atoms with van der Waals surface area (Å²) in [4.78, 5) is 0. The third kappa shape index (κ3) is 2.86. The lowest BCUT2D eigenvalue weighted by molar-refractivity contribution is 0.281. The van der Waals surface area contributed by atoms with Crippen molar-refractivity contribution >= 4 is 0 Å². The Hall–Kier alpha value is -0.800. The van der Waals surface area contributed by atoms with Gasteiger partial charge in [-0.1, -0.05) is 6.92 Å². The van der Waals surface area contributed by atoms with Gasteiger partial charge >= 0.3 is 0 Å². The van der Waals surface area contributed by atoms with E-state index in [-0.39, 0.29) is 12.6 Å². The molecule has 0 bridgehead atoms. The SMILES string of the molecule is CCc1ccc(C(C)NCCO)o1. The molecule has 0 aliphatic carbocycles. The number of hydrogen-bond donors (Lipinski definition) is 2. The van der Waals surface area contributed by atoms with E-state index in [9.17, 15) is 0 Å². The van der Waals surface area contributed by atoms with Crippen molar-refractivity contribution in [1.82, 2.24) is 5.32 Å². The number of rotatable bonds is 5. The number of furan rings is 1. The highest BCUT2D eigenvalue weighted by atomic mass is 16.3. The van der Waals surface area contributed by atoms with Gasteiger partial charge in [-0.25, -0.2) is 0 Å². The lowest BCUT2D eigenvalue weighted by Crippen LogP contribution is -2.21. The van der Waals surface area contributed by atoms with Crippen molar-refractivity contribution in [2.45, 2.75) is 26.3 Å². The average molecular weight is 183 g/mol. The molecule has 2 N–H and O–H groups in total. The normalized spacial score (nSPS) is 13.2. The van der Waals surface area contributed by atoms with Gasteiger partial charge in [0.25, 0.3) is 0 Å². The number of aryl methyl sites for hydroxylation is 1. The molecule has 0 aliphatic heterocycles.